The molecule has 0 unspecified atom stereocenters. The van der Waals surface area contributed by atoms with Gasteiger partial charge in [0.1, 0.15) is 5.01 Å². The number of nitrogens with zero attached hydrogens (tertiary/aromatic N) is 7. The van der Waals surface area contributed by atoms with E-state index in [1.54, 1.807) is 16.9 Å². The normalized spacial score (nSPS) is 11.0. The van der Waals surface area contributed by atoms with Crippen LogP contribution >= 0.6 is 23.1 Å². The standard InChI is InChI=1S/C15H12N8OS2/c1-9-18-20-14(26-9)17-13(24)8-25-15-21-19-12-5-4-11(22-23(12)15)10-3-2-6-16-7-10/h2-7H,8H2,1H3,(H,17,20,24). The van der Waals surface area contributed by atoms with E-state index in [9.17, 15) is 4.79 Å². The van der Waals surface area contributed by atoms with Gasteiger partial charge in [-0.25, -0.2) is 0 Å². The van der Waals surface area contributed by atoms with Crippen molar-refractivity contribution < 1.29 is 4.79 Å². The molecule has 0 spiro atoms. The van der Waals surface area contributed by atoms with Crippen molar-refractivity contribution in [3.8, 4) is 11.3 Å². The Kier molecular flexibility index (Phi) is 4.54. The minimum absolute atomic E-state index is 0.165. The van der Waals surface area contributed by atoms with Gasteiger partial charge in [-0.1, -0.05) is 23.1 Å². The van der Waals surface area contributed by atoms with Gasteiger partial charge in [0.15, 0.2) is 5.65 Å². The van der Waals surface area contributed by atoms with E-state index in [0.29, 0.717) is 15.9 Å². The molecular formula is C15H12N8OS2. The van der Waals surface area contributed by atoms with Gasteiger partial charge in [-0.3, -0.25) is 15.1 Å². The second kappa shape index (κ2) is 7.14. The van der Waals surface area contributed by atoms with Crippen molar-refractivity contribution in [2.45, 2.75) is 12.1 Å². The van der Waals surface area contributed by atoms with Crippen molar-refractivity contribution >= 4 is 39.8 Å². The monoisotopic (exact) mass is 384 g/mol. The number of amides is 1. The zero-order chi connectivity index (χ0) is 17.9. The molecule has 0 atom stereocenters. The minimum Gasteiger partial charge on any atom is -0.300 e. The van der Waals surface area contributed by atoms with Crippen LogP contribution in [0.25, 0.3) is 16.9 Å². The third-order valence-electron chi connectivity index (χ3n) is 3.30. The molecular weight excluding hydrogens is 372 g/mol. The number of anilines is 1. The Labute approximate surface area is 155 Å². The van der Waals surface area contributed by atoms with E-state index >= 15 is 0 Å². The van der Waals surface area contributed by atoms with Crippen molar-refractivity contribution in [3.05, 3.63) is 41.7 Å². The molecule has 0 aliphatic heterocycles. The fourth-order valence-electron chi connectivity index (χ4n) is 2.16. The highest BCUT2D eigenvalue weighted by molar-refractivity contribution is 7.99. The van der Waals surface area contributed by atoms with Crippen LogP contribution in [0.2, 0.25) is 0 Å². The van der Waals surface area contributed by atoms with Crippen molar-refractivity contribution in [2.24, 2.45) is 0 Å². The van der Waals surface area contributed by atoms with Crippen molar-refractivity contribution in [3.63, 3.8) is 0 Å². The minimum atomic E-state index is -0.189. The lowest BCUT2D eigenvalue weighted by molar-refractivity contribution is -0.113. The number of nitrogens with one attached hydrogen (secondary N) is 1. The molecule has 1 amide bonds. The molecule has 0 radical (unpaired) electrons. The van der Waals surface area contributed by atoms with E-state index in [1.807, 2.05) is 31.2 Å². The van der Waals surface area contributed by atoms with E-state index < -0.39 is 0 Å². The molecule has 4 aromatic heterocycles. The van der Waals surface area contributed by atoms with Gasteiger partial charge in [0, 0.05) is 18.0 Å². The number of hydrogen-bond donors (Lipinski definition) is 1. The summed E-state index contributed by atoms with van der Waals surface area (Å²) >= 11 is 2.58. The summed E-state index contributed by atoms with van der Waals surface area (Å²) in [6.07, 6.45) is 3.45. The molecule has 9 nitrogen and oxygen atoms in total. The highest BCUT2D eigenvalue weighted by Crippen LogP contribution is 2.20. The maximum absolute atomic E-state index is 12.1. The first-order valence-corrected chi connectivity index (χ1v) is 9.35. The topological polar surface area (TPSA) is 111 Å². The van der Waals surface area contributed by atoms with E-state index in [0.717, 1.165) is 16.3 Å². The zero-order valence-electron chi connectivity index (χ0n) is 13.5. The maximum atomic E-state index is 12.1. The number of aryl methyl sites for hydroxylation is 1. The molecule has 1 N–H and O–H groups in total. The van der Waals surface area contributed by atoms with Crippen LogP contribution < -0.4 is 5.32 Å². The van der Waals surface area contributed by atoms with Crippen molar-refractivity contribution in [1.82, 2.24) is 35.0 Å². The van der Waals surface area contributed by atoms with Crippen LogP contribution in [0, 0.1) is 6.92 Å². The molecule has 0 saturated carbocycles. The maximum Gasteiger partial charge on any atom is 0.236 e. The molecule has 4 rings (SSSR count). The molecule has 130 valence electrons. The van der Waals surface area contributed by atoms with Crippen LogP contribution in [0.3, 0.4) is 0 Å². The van der Waals surface area contributed by atoms with Gasteiger partial charge in [-0.05, 0) is 31.2 Å². The van der Waals surface area contributed by atoms with Crippen LogP contribution in [0.1, 0.15) is 5.01 Å². The molecule has 26 heavy (non-hydrogen) atoms. The first-order valence-electron chi connectivity index (χ1n) is 7.55. The summed E-state index contributed by atoms with van der Waals surface area (Å²) in [5.74, 6) is -0.0237. The third-order valence-corrected chi connectivity index (χ3v) is 4.97. The Bertz CT molecular complexity index is 1060. The summed E-state index contributed by atoms with van der Waals surface area (Å²) in [4.78, 5) is 16.2. The summed E-state index contributed by atoms with van der Waals surface area (Å²) < 4.78 is 1.62. The highest BCUT2D eigenvalue weighted by Gasteiger charge is 2.13. The lowest BCUT2D eigenvalue weighted by atomic mass is 10.2. The predicted octanol–water partition coefficient (Wildman–Crippen LogP) is 2.08. The van der Waals surface area contributed by atoms with Crippen LogP contribution in [0.4, 0.5) is 5.13 Å². The lowest BCUT2D eigenvalue weighted by Crippen LogP contribution is -2.14. The van der Waals surface area contributed by atoms with E-state index in [1.165, 1.54) is 23.1 Å². The summed E-state index contributed by atoms with van der Waals surface area (Å²) in [7, 11) is 0. The van der Waals surface area contributed by atoms with Gasteiger partial charge < -0.3 is 0 Å². The van der Waals surface area contributed by atoms with Crippen LogP contribution in [0.15, 0.2) is 41.8 Å². The van der Waals surface area contributed by atoms with E-state index in [2.05, 4.69) is 35.8 Å². The first kappa shape index (κ1) is 16.5. The van der Waals surface area contributed by atoms with E-state index in [-0.39, 0.29) is 11.7 Å². The van der Waals surface area contributed by atoms with Crippen LogP contribution in [-0.2, 0) is 4.79 Å². The average Bonchev–Trinajstić information content (AvgIpc) is 3.26. The fraction of sp³-hybridized carbons (Fsp3) is 0.133. The first-order chi connectivity index (χ1) is 12.7. The molecule has 0 saturated heterocycles. The molecule has 11 heteroatoms. The fourth-order valence-corrected chi connectivity index (χ4v) is 3.46. The summed E-state index contributed by atoms with van der Waals surface area (Å²) in [5.41, 5.74) is 2.25. The van der Waals surface area contributed by atoms with Gasteiger partial charge in [0.25, 0.3) is 0 Å². The number of pyridine rings is 1. The lowest BCUT2D eigenvalue weighted by Gasteiger charge is -2.03. The van der Waals surface area contributed by atoms with Crippen LogP contribution in [-0.4, -0.2) is 46.7 Å². The second-order valence-corrected chi connectivity index (χ2v) is 7.30. The Morgan fingerprint density at radius 2 is 2.15 bits per heavy atom. The van der Waals surface area contributed by atoms with Crippen LogP contribution in [0.5, 0.6) is 0 Å². The quantitative estimate of drug-likeness (QED) is 0.521. The molecule has 0 aromatic carbocycles. The average molecular weight is 384 g/mol. The number of thioether (sulfide) groups is 1. The molecule has 4 heterocycles. The highest BCUT2D eigenvalue weighted by atomic mass is 32.2. The van der Waals surface area contributed by atoms with Crippen molar-refractivity contribution in [2.75, 3.05) is 11.1 Å². The van der Waals surface area contributed by atoms with Gasteiger partial charge in [0.2, 0.25) is 16.2 Å². The van der Waals surface area contributed by atoms with Gasteiger partial charge >= 0.3 is 0 Å². The van der Waals surface area contributed by atoms with Crippen molar-refractivity contribution in [1.29, 1.82) is 0 Å². The number of carbonyl (C=O) groups excluding carboxylic acids is 1. The Morgan fingerprint density at radius 1 is 1.23 bits per heavy atom. The molecule has 0 aliphatic rings. The van der Waals surface area contributed by atoms with E-state index in [4.69, 9.17) is 0 Å². The number of fused-ring (bicyclic) bond motifs is 1. The smallest absolute Gasteiger partial charge is 0.236 e. The largest absolute Gasteiger partial charge is 0.300 e. The van der Waals surface area contributed by atoms with Gasteiger partial charge in [0.05, 0.1) is 11.4 Å². The Hall–Kier alpha value is -2.92. The third kappa shape index (κ3) is 3.53. The summed E-state index contributed by atoms with van der Waals surface area (Å²) in [5, 5.41) is 25.0. The summed E-state index contributed by atoms with van der Waals surface area (Å²) in [6.45, 7) is 1.83. The SMILES string of the molecule is Cc1nnc(NC(=O)CSc2nnc3ccc(-c4cccnc4)nn23)s1. The Morgan fingerprint density at radius 3 is 2.92 bits per heavy atom. The number of aromatic nitrogens is 7. The van der Waals surface area contributed by atoms with Gasteiger partial charge in [-0.15, -0.1) is 20.4 Å². The molecule has 0 aliphatic carbocycles. The number of rotatable bonds is 5. The molecule has 0 bridgehead atoms. The predicted molar refractivity (Wildman–Crippen MR) is 98.0 cm³/mol. The molecule has 0 fully saturated rings. The van der Waals surface area contributed by atoms with Gasteiger partial charge in [-0.2, -0.15) is 9.61 Å². The second-order valence-electron chi connectivity index (χ2n) is 5.18. The number of hydrogen-bond acceptors (Lipinski definition) is 9. The molecule has 4 aromatic rings. The number of carbonyl (C=O) groups is 1. The Balaban J connectivity index is 1.50. The zero-order valence-corrected chi connectivity index (χ0v) is 15.2. The summed E-state index contributed by atoms with van der Waals surface area (Å²) in [6, 6.07) is 7.47.